The van der Waals surface area contributed by atoms with Gasteiger partial charge in [-0.2, -0.15) is 0 Å². The van der Waals surface area contributed by atoms with Crippen LogP contribution in [0.4, 0.5) is 8.22 Å². The van der Waals surface area contributed by atoms with E-state index in [-0.39, 0.29) is 0 Å². The second-order valence-corrected chi connectivity index (χ2v) is 13.9. The molecule has 3 heterocycles. The van der Waals surface area contributed by atoms with Crippen LogP contribution >= 0.6 is 0 Å². The fourth-order valence-electron chi connectivity index (χ4n) is 3.58. The van der Waals surface area contributed by atoms with Crippen LogP contribution in [0.5, 0.6) is 0 Å². The highest BCUT2D eigenvalue weighted by Crippen LogP contribution is 2.38. The molecule has 3 rings (SSSR count). The van der Waals surface area contributed by atoms with E-state index in [9.17, 15) is 8.22 Å². The van der Waals surface area contributed by atoms with Crippen molar-refractivity contribution >= 4 is 16.8 Å². The molecular weight excluding hydrogens is 250 g/mol. The molecule has 0 N–H and O–H groups in total. The topological polar surface area (TPSA) is 0 Å². The third-order valence-corrected chi connectivity index (χ3v) is 12.2. The number of hydrogen-bond acceptors (Lipinski definition) is 0. The summed E-state index contributed by atoms with van der Waals surface area (Å²) in [6.07, 6.45) is 7.04. The number of hydrogen-bond donors (Lipinski definition) is 0. The van der Waals surface area contributed by atoms with E-state index in [1.54, 1.807) is 0 Å². The molecule has 0 aromatic carbocycles. The zero-order chi connectivity index (χ0) is 12.2. The van der Waals surface area contributed by atoms with Gasteiger partial charge >= 0.3 is 0 Å². The van der Waals surface area contributed by atoms with Gasteiger partial charge in [0.1, 0.15) is 0 Å². The molecule has 4 heteroatoms. The second kappa shape index (κ2) is 5.96. The summed E-state index contributed by atoms with van der Waals surface area (Å²) in [5.41, 5.74) is 0. The van der Waals surface area contributed by atoms with Crippen molar-refractivity contribution in [1.29, 1.82) is 0 Å². The Kier molecular flexibility index (Phi) is 4.81. The molecule has 0 amide bonds. The van der Waals surface area contributed by atoms with Crippen molar-refractivity contribution in [3.8, 4) is 0 Å². The van der Waals surface area contributed by atoms with Crippen LogP contribution in [0.3, 0.4) is 0 Å². The first kappa shape index (κ1) is 13.7. The summed E-state index contributed by atoms with van der Waals surface area (Å²) in [7, 11) is -4.85. The number of halogens is 2. The highest BCUT2D eigenvalue weighted by Gasteiger charge is 2.38. The molecule has 0 unspecified atom stereocenters. The van der Waals surface area contributed by atoms with Crippen molar-refractivity contribution in [3.05, 3.63) is 0 Å². The number of rotatable bonds is 0. The minimum Gasteiger partial charge on any atom is -0.314 e. The molecule has 0 atom stereocenters. The van der Waals surface area contributed by atoms with Gasteiger partial charge in [0.2, 0.25) is 16.8 Å². The summed E-state index contributed by atoms with van der Waals surface area (Å²) >= 11 is 0. The average molecular weight is 277 g/mol. The molecular formula is C13H26F2Si2. The highest BCUT2D eigenvalue weighted by atomic mass is 28.4. The van der Waals surface area contributed by atoms with E-state index in [0.29, 0.717) is 0 Å². The van der Waals surface area contributed by atoms with Crippen molar-refractivity contribution in [1.82, 2.24) is 0 Å². The molecule has 100 valence electrons. The van der Waals surface area contributed by atoms with E-state index in [1.165, 1.54) is 0 Å². The normalized spacial score (nSPS) is 41.3. The first-order valence-electron chi connectivity index (χ1n) is 7.50. The maximum atomic E-state index is 14.8. The minimum absolute atomic E-state index is 0.831. The first-order valence-corrected chi connectivity index (χ1v) is 12.5. The van der Waals surface area contributed by atoms with Crippen LogP contribution in [0.2, 0.25) is 36.3 Å². The van der Waals surface area contributed by atoms with E-state index in [2.05, 4.69) is 0 Å². The fourth-order valence-corrected chi connectivity index (χ4v) is 10.4. The van der Waals surface area contributed by atoms with E-state index >= 15 is 0 Å². The second-order valence-electron chi connectivity index (χ2n) is 6.28. The molecule has 0 saturated carbocycles. The van der Waals surface area contributed by atoms with Gasteiger partial charge in [0.15, 0.2) is 0 Å². The largest absolute Gasteiger partial charge is 0.314 e. The summed E-state index contributed by atoms with van der Waals surface area (Å²) in [5, 5.41) is 0. The van der Waals surface area contributed by atoms with E-state index in [0.717, 1.165) is 81.2 Å². The first-order chi connectivity index (χ1) is 8.12. The van der Waals surface area contributed by atoms with Crippen LogP contribution in [0, 0.1) is 0 Å². The van der Waals surface area contributed by atoms with Gasteiger partial charge in [-0.3, -0.25) is 0 Å². The summed E-state index contributed by atoms with van der Waals surface area (Å²) < 4.78 is 29.6. The lowest BCUT2D eigenvalue weighted by atomic mass is 10.3. The molecule has 3 saturated heterocycles. The van der Waals surface area contributed by atoms with Crippen LogP contribution < -0.4 is 0 Å². The Balaban J connectivity index is 2.08. The Morgan fingerprint density at radius 3 is 0.941 bits per heavy atom. The Morgan fingerprint density at radius 1 is 0.412 bits per heavy atom. The Bertz CT molecular complexity index is 210. The zero-order valence-electron chi connectivity index (χ0n) is 10.9. The third kappa shape index (κ3) is 4.16. The third-order valence-electron chi connectivity index (χ3n) is 4.75. The van der Waals surface area contributed by atoms with Crippen LogP contribution in [-0.2, 0) is 0 Å². The van der Waals surface area contributed by atoms with Crippen molar-refractivity contribution in [2.75, 3.05) is 0 Å². The summed E-state index contributed by atoms with van der Waals surface area (Å²) in [6, 6.07) is 5.06. The van der Waals surface area contributed by atoms with E-state index in [4.69, 9.17) is 0 Å². The predicted molar refractivity (Wildman–Crippen MR) is 74.9 cm³/mol. The van der Waals surface area contributed by atoms with Crippen molar-refractivity contribution in [2.24, 2.45) is 0 Å². The quantitative estimate of drug-likeness (QED) is 0.400. The molecule has 0 aromatic heterocycles. The van der Waals surface area contributed by atoms with Crippen LogP contribution in [0.1, 0.15) is 44.9 Å². The zero-order valence-corrected chi connectivity index (χ0v) is 12.9. The summed E-state index contributed by atoms with van der Waals surface area (Å²) in [4.78, 5) is 0. The van der Waals surface area contributed by atoms with Gasteiger partial charge in [-0.25, -0.2) is 0 Å². The van der Waals surface area contributed by atoms with E-state index in [1.807, 2.05) is 0 Å². The van der Waals surface area contributed by atoms with E-state index < -0.39 is 16.8 Å². The van der Waals surface area contributed by atoms with Gasteiger partial charge in [-0.05, 0) is 36.3 Å². The molecule has 3 fully saturated rings. The Hall–Kier alpha value is 0.294. The Labute approximate surface area is 107 Å². The molecule has 17 heavy (non-hydrogen) atoms. The standard InChI is InChI=1S/C13H26F2Si2/c14-16-8-2-1-3-9-17(15,12-6-4-10-16)13-7-5-11-16/h1-13H2. The van der Waals surface area contributed by atoms with Gasteiger partial charge in [-0.15, -0.1) is 0 Å². The fraction of sp³-hybridized carbons (Fsp3) is 1.00. The number of fused-ring (bicyclic) bond motifs is 10. The lowest BCUT2D eigenvalue weighted by Gasteiger charge is -2.26. The molecule has 0 aliphatic carbocycles. The average Bonchev–Trinajstić information content (AvgIpc) is 2.35. The van der Waals surface area contributed by atoms with Crippen molar-refractivity contribution in [2.45, 2.75) is 81.2 Å². The molecule has 0 aromatic rings. The molecule has 3 aliphatic heterocycles. The smallest absolute Gasteiger partial charge is 0.247 e. The molecule has 3 aliphatic rings. The van der Waals surface area contributed by atoms with Gasteiger partial charge in [0.05, 0.1) is 0 Å². The lowest BCUT2D eigenvalue weighted by molar-refractivity contribution is 0.647. The van der Waals surface area contributed by atoms with Crippen LogP contribution in [-0.4, -0.2) is 16.8 Å². The molecule has 0 radical (unpaired) electrons. The monoisotopic (exact) mass is 276 g/mol. The lowest BCUT2D eigenvalue weighted by Crippen LogP contribution is -2.31. The van der Waals surface area contributed by atoms with Crippen LogP contribution in [0.25, 0.3) is 0 Å². The highest BCUT2D eigenvalue weighted by molar-refractivity contribution is 6.74. The molecule has 0 nitrogen and oxygen atoms in total. The van der Waals surface area contributed by atoms with Gasteiger partial charge in [0.25, 0.3) is 0 Å². The van der Waals surface area contributed by atoms with Crippen LogP contribution in [0.15, 0.2) is 0 Å². The maximum Gasteiger partial charge on any atom is 0.247 e. The maximum absolute atomic E-state index is 14.8. The van der Waals surface area contributed by atoms with Gasteiger partial charge in [0, 0.05) is 0 Å². The Morgan fingerprint density at radius 2 is 0.647 bits per heavy atom. The summed E-state index contributed by atoms with van der Waals surface area (Å²) in [5.74, 6) is 0. The predicted octanol–water partition coefficient (Wildman–Crippen LogP) is 5.57. The van der Waals surface area contributed by atoms with Crippen molar-refractivity contribution < 1.29 is 8.22 Å². The molecule has 0 spiro atoms. The summed E-state index contributed by atoms with van der Waals surface area (Å²) in [6.45, 7) is 0. The molecule has 2 bridgehead atoms. The van der Waals surface area contributed by atoms with Gasteiger partial charge in [-0.1, -0.05) is 44.9 Å². The SMILES string of the molecule is F[Si]12CCCCC[Si](F)(CCCC1)CCCC2. The van der Waals surface area contributed by atoms with Crippen molar-refractivity contribution in [3.63, 3.8) is 0 Å². The minimum atomic E-state index is -2.42. The van der Waals surface area contributed by atoms with Gasteiger partial charge < -0.3 is 8.22 Å².